The standard InChI is InChI=1S/C30H40N2O6/c1-8-9-16-37-24-13-10-21(18-25(24)36-7)27-26(29(34)30(35)32(27)15-14-31(5)6)28(33)23-12-11-22(17-20(23)4)38-19(2)3/h10-13,17-19,27,33H,8-9,14-16H2,1-7H3/b28-26+. The molecule has 0 aliphatic carbocycles. The SMILES string of the molecule is CCCCOc1ccc(C2/C(=C(\O)c3ccc(OC(C)C)cc3C)C(=O)C(=O)N2CCN(C)C)cc1OC. The van der Waals surface area contributed by atoms with E-state index in [0.717, 1.165) is 18.4 Å². The molecule has 0 saturated carbocycles. The van der Waals surface area contributed by atoms with Crippen LogP contribution >= 0.6 is 0 Å². The van der Waals surface area contributed by atoms with Crippen molar-refractivity contribution in [1.82, 2.24) is 9.80 Å². The lowest BCUT2D eigenvalue weighted by Gasteiger charge is -2.27. The van der Waals surface area contributed by atoms with Crippen molar-refractivity contribution in [2.45, 2.75) is 52.7 Å². The van der Waals surface area contributed by atoms with Gasteiger partial charge in [0, 0.05) is 18.7 Å². The van der Waals surface area contributed by atoms with Gasteiger partial charge in [0.05, 0.1) is 31.4 Å². The fourth-order valence-electron chi connectivity index (χ4n) is 4.46. The van der Waals surface area contributed by atoms with E-state index in [-0.39, 0.29) is 17.4 Å². The highest BCUT2D eigenvalue weighted by Gasteiger charge is 2.46. The van der Waals surface area contributed by atoms with Gasteiger partial charge in [0.1, 0.15) is 11.5 Å². The van der Waals surface area contributed by atoms with Crippen LogP contribution < -0.4 is 14.2 Å². The normalized spacial score (nSPS) is 17.0. The van der Waals surface area contributed by atoms with E-state index in [2.05, 4.69) is 6.92 Å². The quantitative estimate of drug-likeness (QED) is 0.182. The van der Waals surface area contributed by atoms with Gasteiger partial charge in [-0.1, -0.05) is 19.4 Å². The molecule has 0 radical (unpaired) electrons. The lowest BCUT2D eigenvalue weighted by atomic mass is 9.93. The Labute approximate surface area is 225 Å². The van der Waals surface area contributed by atoms with Crippen LogP contribution in [0.5, 0.6) is 17.2 Å². The lowest BCUT2D eigenvalue weighted by molar-refractivity contribution is -0.140. The van der Waals surface area contributed by atoms with Crippen molar-refractivity contribution >= 4 is 17.4 Å². The number of carbonyl (C=O) groups excluding carboxylic acids is 2. The number of amides is 1. The number of hydrogen-bond donors (Lipinski definition) is 1. The number of unbranched alkanes of at least 4 members (excludes halogenated alkanes) is 1. The average Bonchev–Trinajstić information content (AvgIpc) is 3.12. The second-order valence-electron chi connectivity index (χ2n) is 10.1. The van der Waals surface area contributed by atoms with Gasteiger partial charge in [0.25, 0.3) is 11.7 Å². The molecule has 0 aromatic heterocycles. The average molecular weight is 525 g/mol. The number of methoxy groups -OCH3 is 1. The number of carbonyl (C=O) groups is 2. The van der Waals surface area contributed by atoms with E-state index in [1.165, 1.54) is 4.90 Å². The molecular weight excluding hydrogens is 484 g/mol. The Hall–Kier alpha value is -3.52. The van der Waals surface area contributed by atoms with Crippen LogP contribution in [0.2, 0.25) is 0 Å². The van der Waals surface area contributed by atoms with E-state index in [1.54, 1.807) is 31.4 Å². The van der Waals surface area contributed by atoms with E-state index < -0.39 is 17.7 Å². The molecule has 1 heterocycles. The summed E-state index contributed by atoms with van der Waals surface area (Å²) in [5.74, 6) is 0.195. The van der Waals surface area contributed by atoms with Crippen LogP contribution in [0.3, 0.4) is 0 Å². The smallest absolute Gasteiger partial charge is 0.295 e. The van der Waals surface area contributed by atoms with Gasteiger partial charge < -0.3 is 29.1 Å². The number of ketones is 1. The monoisotopic (exact) mass is 524 g/mol. The molecule has 1 N–H and O–H groups in total. The summed E-state index contributed by atoms with van der Waals surface area (Å²) in [6, 6.07) is 9.90. The molecule has 3 rings (SSSR count). The van der Waals surface area contributed by atoms with Crippen molar-refractivity contribution in [2.75, 3.05) is 40.9 Å². The zero-order valence-electron chi connectivity index (χ0n) is 23.5. The van der Waals surface area contributed by atoms with Crippen LogP contribution in [0, 0.1) is 6.92 Å². The summed E-state index contributed by atoms with van der Waals surface area (Å²) in [6.07, 6.45) is 1.92. The fraction of sp³-hybridized carbons (Fsp3) is 0.467. The number of likely N-dealkylation sites (tertiary alicyclic amines) is 1. The first-order valence-electron chi connectivity index (χ1n) is 13.1. The topological polar surface area (TPSA) is 88.5 Å². The summed E-state index contributed by atoms with van der Waals surface area (Å²) in [6.45, 7) is 9.23. The number of nitrogens with zero attached hydrogens (tertiary/aromatic N) is 2. The van der Waals surface area contributed by atoms with Gasteiger partial charge in [-0.15, -0.1) is 0 Å². The Morgan fingerprint density at radius 1 is 1.11 bits per heavy atom. The molecule has 38 heavy (non-hydrogen) atoms. The summed E-state index contributed by atoms with van der Waals surface area (Å²) < 4.78 is 17.2. The maximum absolute atomic E-state index is 13.4. The van der Waals surface area contributed by atoms with Crippen molar-refractivity contribution in [1.29, 1.82) is 0 Å². The molecule has 8 heteroatoms. The van der Waals surface area contributed by atoms with Crippen molar-refractivity contribution in [3.8, 4) is 17.2 Å². The summed E-state index contributed by atoms with van der Waals surface area (Å²) in [5.41, 5.74) is 1.91. The van der Waals surface area contributed by atoms with Crippen LogP contribution in [0.25, 0.3) is 5.76 Å². The van der Waals surface area contributed by atoms with Crippen molar-refractivity contribution in [2.24, 2.45) is 0 Å². The highest BCUT2D eigenvalue weighted by atomic mass is 16.5. The van der Waals surface area contributed by atoms with Crippen LogP contribution in [0.15, 0.2) is 42.0 Å². The zero-order chi connectivity index (χ0) is 28.0. The van der Waals surface area contributed by atoms with Gasteiger partial charge in [-0.3, -0.25) is 9.59 Å². The Kier molecular flexibility index (Phi) is 9.80. The number of benzene rings is 2. The van der Waals surface area contributed by atoms with Gasteiger partial charge in [-0.05, 0) is 82.7 Å². The molecule has 206 valence electrons. The number of aliphatic hydroxyl groups is 1. The molecular formula is C30H40N2O6. The predicted molar refractivity (Wildman–Crippen MR) is 148 cm³/mol. The lowest BCUT2D eigenvalue weighted by Crippen LogP contribution is -2.35. The minimum atomic E-state index is -0.778. The minimum Gasteiger partial charge on any atom is -0.507 e. The van der Waals surface area contributed by atoms with Crippen LogP contribution in [0.4, 0.5) is 0 Å². The number of ether oxygens (including phenoxy) is 3. The van der Waals surface area contributed by atoms with Gasteiger partial charge in [0.2, 0.25) is 0 Å². The van der Waals surface area contributed by atoms with E-state index >= 15 is 0 Å². The van der Waals surface area contributed by atoms with Crippen LogP contribution in [0.1, 0.15) is 56.3 Å². The maximum atomic E-state index is 13.4. The highest BCUT2D eigenvalue weighted by molar-refractivity contribution is 6.46. The van der Waals surface area contributed by atoms with Gasteiger partial charge in [-0.25, -0.2) is 0 Å². The van der Waals surface area contributed by atoms with Crippen molar-refractivity contribution < 1.29 is 28.9 Å². The second kappa shape index (κ2) is 12.8. The molecule has 2 aromatic rings. The Bertz CT molecular complexity index is 1190. The number of hydrogen-bond acceptors (Lipinski definition) is 7. The molecule has 1 atom stereocenters. The summed E-state index contributed by atoms with van der Waals surface area (Å²) in [4.78, 5) is 30.1. The molecule has 1 saturated heterocycles. The third kappa shape index (κ3) is 6.48. The van der Waals surface area contributed by atoms with Gasteiger partial charge in [-0.2, -0.15) is 0 Å². The van der Waals surface area contributed by atoms with E-state index in [1.807, 2.05) is 51.9 Å². The largest absolute Gasteiger partial charge is 0.507 e. The Balaban J connectivity index is 2.12. The predicted octanol–water partition coefficient (Wildman–Crippen LogP) is 4.95. The fourth-order valence-corrected chi connectivity index (χ4v) is 4.46. The molecule has 1 unspecified atom stereocenters. The summed E-state index contributed by atoms with van der Waals surface area (Å²) in [7, 11) is 5.36. The molecule has 8 nitrogen and oxygen atoms in total. The molecule has 2 aromatic carbocycles. The number of aliphatic hydroxyl groups excluding tert-OH is 1. The number of likely N-dealkylation sites (N-methyl/N-ethyl adjacent to an activating group) is 1. The summed E-state index contributed by atoms with van der Waals surface area (Å²) in [5, 5.41) is 11.5. The summed E-state index contributed by atoms with van der Waals surface area (Å²) >= 11 is 0. The Morgan fingerprint density at radius 3 is 2.45 bits per heavy atom. The molecule has 0 bridgehead atoms. The molecule has 1 fully saturated rings. The zero-order valence-corrected chi connectivity index (χ0v) is 23.5. The molecule has 0 spiro atoms. The Morgan fingerprint density at radius 2 is 1.84 bits per heavy atom. The maximum Gasteiger partial charge on any atom is 0.295 e. The van der Waals surface area contributed by atoms with Gasteiger partial charge in [0.15, 0.2) is 11.5 Å². The van der Waals surface area contributed by atoms with E-state index in [0.29, 0.717) is 48.1 Å². The highest BCUT2D eigenvalue weighted by Crippen LogP contribution is 2.42. The first-order chi connectivity index (χ1) is 18.1. The van der Waals surface area contributed by atoms with Crippen molar-refractivity contribution in [3.63, 3.8) is 0 Å². The third-order valence-corrected chi connectivity index (χ3v) is 6.41. The van der Waals surface area contributed by atoms with Crippen molar-refractivity contribution in [3.05, 3.63) is 58.7 Å². The first-order valence-corrected chi connectivity index (χ1v) is 13.1. The number of aryl methyl sites for hydroxylation is 1. The number of Topliss-reactive ketones (excluding diaryl/α,β-unsaturated/α-hetero) is 1. The molecule has 1 aliphatic rings. The second-order valence-corrected chi connectivity index (χ2v) is 10.1. The number of rotatable bonds is 12. The molecule has 1 amide bonds. The van der Waals surface area contributed by atoms with Crippen LogP contribution in [-0.4, -0.2) is 73.6 Å². The molecule has 1 aliphatic heterocycles. The van der Waals surface area contributed by atoms with E-state index in [9.17, 15) is 14.7 Å². The van der Waals surface area contributed by atoms with E-state index in [4.69, 9.17) is 14.2 Å². The van der Waals surface area contributed by atoms with Gasteiger partial charge >= 0.3 is 0 Å². The first kappa shape index (κ1) is 29.0. The minimum absolute atomic E-state index is 0.000211. The van der Waals surface area contributed by atoms with Crippen LogP contribution in [-0.2, 0) is 9.59 Å². The third-order valence-electron chi connectivity index (χ3n) is 6.41.